The maximum absolute atomic E-state index is 13.3. The van der Waals surface area contributed by atoms with Gasteiger partial charge in [0.2, 0.25) is 5.92 Å². The third-order valence-corrected chi connectivity index (χ3v) is 3.34. The number of hydrogen-bond acceptors (Lipinski definition) is 2. The van der Waals surface area contributed by atoms with Crippen LogP contribution in [0.15, 0.2) is 24.3 Å². The Bertz CT molecular complexity index is 445. The average molecular weight is 253 g/mol. The van der Waals surface area contributed by atoms with E-state index in [2.05, 4.69) is 0 Å². The molecule has 4 heteroatoms. The molecule has 0 N–H and O–H groups in total. The second-order valence-corrected chi connectivity index (χ2v) is 4.77. The molecule has 1 saturated heterocycles. The van der Waals surface area contributed by atoms with Crippen molar-refractivity contribution < 1.29 is 13.6 Å². The monoisotopic (exact) mass is 253 g/mol. The number of rotatable bonds is 2. The first-order valence-corrected chi connectivity index (χ1v) is 6.22. The van der Waals surface area contributed by atoms with E-state index < -0.39 is 5.92 Å². The minimum Gasteiger partial charge on any atom is -0.371 e. The summed E-state index contributed by atoms with van der Waals surface area (Å²) in [5.41, 5.74) is 1.39. The Morgan fingerprint density at radius 1 is 1.22 bits per heavy atom. The highest BCUT2D eigenvalue weighted by Crippen LogP contribution is 2.31. The fourth-order valence-electron chi connectivity index (χ4n) is 2.35. The molecule has 18 heavy (non-hydrogen) atoms. The number of carbonyl (C=O) groups is 1. The fourth-order valence-corrected chi connectivity index (χ4v) is 2.35. The Hall–Kier alpha value is -1.45. The molecule has 1 aliphatic heterocycles. The van der Waals surface area contributed by atoms with E-state index in [-0.39, 0.29) is 18.6 Å². The van der Waals surface area contributed by atoms with Gasteiger partial charge in [-0.05, 0) is 25.5 Å². The molecule has 0 spiro atoms. The van der Waals surface area contributed by atoms with Gasteiger partial charge < -0.3 is 4.90 Å². The number of benzene rings is 1. The van der Waals surface area contributed by atoms with E-state index in [1.807, 2.05) is 17.0 Å². The second-order valence-electron chi connectivity index (χ2n) is 4.77. The Kier molecular flexibility index (Phi) is 3.64. The zero-order chi connectivity index (χ0) is 13.2. The first-order chi connectivity index (χ1) is 8.49. The Morgan fingerprint density at radius 2 is 1.94 bits per heavy atom. The van der Waals surface area contributed by atoms with E-state index >= 15 is 0 Å². The third-order valence-electron chi connectivity index (χ3n) is 3.34. The van der Waals surface area contributed by atoms with Crippen molar-refractivity contribution in [2.45, 2.75) is 32.1 Å². The van der Waals surface area contributed by atoms with Crippen LogP contribution in [0.5, 0.6) is 0 Å². The second kappa shape index (κ2) is 5.04. The molecular formula is C14H17F2NO. The molecule has 1 heterocycles. The summed E-state index contributed by atoms with van der Waals surface area (Å²) in [6.45, 7) is 2.39. The lowest BCUT2D eigenvalue weighted by atomic mass is 10.1. The molecule has 1 aromatic rings. The highest BCUT2D eigenvalue weighted by atomic mass is 19.3. The number of nitrogens with zero attached hydrogens (tertiary/aromatic N) is 1. The molecule has 0 atom stereocenters. The predicted molar refractivity (Wildman–Crippen MR) is 67.5 cm³/mol. The van der Waals surface area contributed by atoms with Crippen LogP contribution in [0, 0.1) is 0 Å². The summed E-state index contributed by atoms with van der Waals surface area (Å²) in [4.78, 5) is 13.4. The molecule has 2 nitrogen and oxygen atoms in total. The van der Waals surface area contributed by atoms with E-state index in [0.717, 1.165) is 5.69 Å². The van der Waals surface area contributed by atoms with Crippen LogP contribution in [-0.4, -0.2) is 24.8 Å². The number of halogens is 2. The minimum atomic E-state index is -2.57. The number of carbonyl (C=O) groups excluding carboxylic acids is 1. The molecular weight excluding hydrogens is 236 g/mol. The highest BCUT2D eigenvalue weighted by molar-refractivity contribution is 5.99. The lowest BCUT2D eigenvalue weighted by molar-refractivity contribution is -0.0102. The molecule has 0 radical (unpaired) electrons. The van der Waals surface area contributed by atoms with Gasteiger partial charge in [-0.15, -0.1) is 0 Å². The molecule has 1 fully saturated rings. The lowest BCUT2D eigenvalue weighted by Crippen LogP contribution is -2.27. The van der Waals surface area contributed by atoms with Crippen molar-refractivity contribution in [3.05, 3.63) is 29.8 Å². The molecule has 0 saturated carbocycles. The molecule has 1 aromatic carbocycles. The summed E-state index contributed by atoms with van der Waals surface area (Å²) in [5, 5.41) is 0. The van der Waals surface area contributed by atoms with Crippen LogP contribution in [-0.2, 0) is 0 Å². The van der Waals surface area contributed by atoms with Crippen molar-refractivity contribution in [3.63, 3.8) is 0 Å². The van der Waals surface area contributed by atoms with E-state index in [1.165, 1.54) is 6.92 Å². The SMILES string of the molecule is CC(=O)c1ccccc1N1CCCC(F)(F)CC1. The molecule has 98 valence electrons. The summed E-state index contributed by atoms with van der Waals surface area (Å²) in [6, 6.07) is 7.22. The van der Waals surface area contributed by atoms with Gasteiger partial charge in [0.1, 0.15) is 0 Å². The minimum absolute atomic E-state index is 0.0263. The van der Waals surface area contributed by atoms with Crippen LogP contribution in [0.3, 0.4) is 0 Å². The maximum atomic E-state index is 13.3. The summed E-state index contributed by atoms with van der Waals surface area (Å²) < 4.78 is 26.6. The smallest absolute Gasteiger partial charge is 0.249 e. The van der Waals surface area contributed by atoms with Crippen LogP contribution < -0.4 is 4.90 Å². The number of para-hydroxylation sites is 1. The number of hydrogen-bond donors (Lipinski definition) is 0. The summed E-state index contributed by atoms with van der Waals surface area (Å²) in [6.07, 6.45) is 0.254. The predicted octanol–water partition coefficient (Wildman–Crippen LogP) is 3.51. The standard InChI is InChI=1S/C14H17F2NO/c1-11(18)12-5-2-3-6-13(12)17-9-4-7-14(15,16)8-10-17/h2-3,5-6H,4,7-10H2,1H3. The Morgan fingerprint density at radius 3 is 2.67 bits per heavy atom. The van der Waals surface area contributed by atoms with Gasteiger partial charge in [0.25, 0.3) is 0 Å². The number of anilines is 1. The van der Waals surface area contributed by atoms with Gasteiger partial charge >= 0.3 is 0 Å². The van der Waals surface area contributed by atoms with Crippen molar-refractivity contribution >= 4 is 11.5 Å². The van der Waals surface area contributed by atoms with Crippen molar-refractivity contribution in [1.82, 2.24) is 0 Å². The molecule has 0 bridgehead atoms. The molecule has 1 aliphatic rings. The molecule has 0 aromatic heterocycles. The third kappa shape index (κ3) is 2.86. The molecule has 0 unspecified atom stereocenters. The van der Waals surface area contributed by atoms with E-state index in [9.17, 15) is 13.6 Å². The van der Waals surface area contributed by atoms with Gasteiger partial charge in [-0.2, -0.15) is 0 Å². The van der Waals surface area contributed by atoms with E-state index in [4.69, 9.17) is 0 Å². The highest BCUT2D eigenvalue weighted by Gasteiger charge is 2.32. The van der Waals surface area contributed by atoms with Gasteiger partial charge in [-0.3, -0.25) is 4.79 Å². The fraction of sp³-hybridized carbons (Fsp3) is 0.500. The quantitative estimate of drug-likeness (QED) is 0.752. The largest absolute Gasteiger partial charge is 0.371 e. The lowest BCUT2D eigenvalue weighted by Gasteiger charge is -2.24. The van der Waals surface area contributed by atoms with Crippen molar-refractivity contribution in [2.24, 2.45) is 0 Å². The van der Waals surface area contributed by atoms with Gasteiger partial charge in [0.05, 0.1) is 0 Å². The molecule has 2 rings (SSSR count). The zero-order valence-corrected chi connectivity index (χ0v) is 10.5. The van der Waals surface area contributed by atoms with Crippen LogP contribution in [0.25, 0.3) is 0 Å². The number of ketones is 1. The summed E-state index contributed by atoms with van der Waals surface area (Å²) >= 11 is 0. The maximum Gasteiger partial charge on any atom is 0.249 e. The van der Waals surface area contributed by atoms with Crippen molar-refractivity contribution in [3.8, 4) is 0 Å². The molecule has 0 amide bonds. The van der Waals surface area contributed by atoms with Gasteiger partial charge in [-0.25, -0.2) is 8.78 Å². The van der Waals surface area contributed by atoms with E-state index in [1.54, 1.807) is 12.1 Å². The first-order valence-electron chi connectivity index (χ1n) is 6.22. The average Bonchev–Trinajstić information content (AvgIpc) is 2.50. The normalized spacial score (nSPS) is 19.4. The van der Waals surface area contributed by atoms with Crippen LogP contribution in [0.4, 0.5) is 14.5 Å². The van der Waals surface area contributed by atoms with Crippen molar-refractivity contribution in [1.29, 1.82) is 0 Å². The van der Waals surface area contributed by atoms with Gasteiger partial charge in [0.15, 0.2) is 5.78 Å². The first kappa shape index (κ1) is 13.0. The molecule has 0 aliphatic carbocycles. The Balaban J connectivity index is 2.24. The summed E-state index contributed by atoms with van der Waals surface area (Å²) in [5.74, 6) is -2.60. The zero-order valence-electron chi connectivity index (χ0n) is 10.5. The number of Topliss-reactive ketones (excluding diaryl/α,β-unsaturated/α-hetero) is 1. The van der Waals surface area contributed by atoms with Gasteiger partial charge in [0, 0.05) is 37.2 Å². The van der Waals surface area contributed by atoms with Crippen LogP contribution >= 0.6 is 0 Å². The van der Waals surface area contributed by atoms with Crippen molar-refractivity contribution in [2.75, 3.05) is 18.0 Å². The number of alkyl halides is 2. The Labute approximate surface area is 106 Å². The summed E-state index contributed by atoms with van der Waals surface area (Å²) in [7, 11) is 0. The van der Waals surface area contributed by atoms with Crippen LogP contribution in [0.2, 0.25) is 0 Å². The van der Waals surface area contributed by atoms with Gasteiger partial charge in [-0.1, -0.05) is 12.1 Å². The van der Waals surface area contributed by atoms with E-state index in [0.29, 0.717) is 25.1 Å². The van der Waals surface area contributed by atoms with Crippen LogP contribution in [0.1, 0.15) is 36.5 Å². The topological polar surface area (TPSA) is 20.3 Å².